The zero-order valence-corrected chi connectivity index (χ0v) is 9.12. The third kappa shape index (κ3) is 4.37. The first kappa shape index (κ1) is 11.9. The molecule has 0 bridgehead atoms. The van der Waals surface area contributed by atoms with Crippen LogP contribution >= 0.6 is 0 Å². The van der Waals surface area contributed by atoms with Crippen molar-refractivity contribution in [3.05, 3.63) is 0 Å². The monoisotopic (exact) mass is 202 g/mol. The van der Waals surface area contributed by atoms with Crippen LogP contribution in [0.25, 0.3) is 0 Å². The molecule has 1 rings (SSSR count). The predicted molar refractivity (Wildman–Crippen MR) is 56.4 cm³/mol. The van der Waals surface area contributed by atoms with E-state index in [1.165, 1.54) is 0 Å². The number of nitrogens with one attached hydrogen (secondary N) is 2. The Morgan fingerprint density at radius 2 is 2.29 bits per heavy atom. The smallest absolute Gasteiger partial charge is 0.0829 e. The molecule has 0 spiro atoms. The van der Waals surface area contributed by atoms with E-state index in [4.69, 9.17) is 4.74 Å². The minimum absolute atomic E-state index is 0.217. The van der Waals surface area contributed by atoms with Crippen molar-refractivity contribution in [1.29, 1.82) is 0 Å². The molecule has 3 N–H and O–H groups in total. The molecule has 2 atom stereocenters. The molecule has 1 heterocycles. The molecule has 0 aliphatic carbocycles. The molecule has 0 saturated carbocycles. The molecule has 0 aromatic heterocycles. The highest BCUT2D eigenvalue weighted by molar-refractivity contribution is 4.85. The van der Waals surface area contributed by atoms with Gasteiger partial charge in [0, 0.05) is 25.7 Å². The van der Waals surface area contributed by atoms with E-state index in [1.54, 1.807) is 0 Å². The number of rotatable bonds is 6. The summed E-state index contributed by atoms with van der Waals surface area (Å²) in [4.78, 5) is 0. The zero-order valence-electron chi connectivity index (χ0n) is 9.12. The second-order valence-corrected chi connectivity index (χ2v) is 4.06. The van der Waals surface area contributed by atoms with Crippen molar-refractivity contribution in [2.24, 2.45) is 0 Å². The summed E-state index contributed by atoms with van der Waals surface area (Å²) in [5.41, 5.74) is 0. The van der Waals surface area contributed by atoms with Gasteiger partial charge in [-0.2, -0.15) is 0 Å². The Kier molecular flexibility index (Phi) is 5.40. The maximum Gasteiger partial charge on any atom is 0.0829 e. The Bertz CT molecular complexity index is 153. The molecule has 4 heteroatoms. The van der Waals surface area contributed by atoms with Crippen LogP contribution in [0.2, 0.25) is 0 Å². The zero-order chi connectivity index (χ0) is 10.4. The molecule has 1 fully saturated rings. The van der Waals surface area contributed by atoms with Crippen LogP contribution in [0.15, 0.2) is 0 Å². The van der Waals surface area contributed by atoms with Gasteiger partial charge in [0.1, 0.15) is 0 Å². The summed E-state index contributed by atoms with van der Waals surface area (Å²) in [5.74, 6) is 0. The molecule has 14 heavy (non-hydrogen) atoms. The van der Waals surface area contributed by atoms with Crippen LogP contribution in [0.4, 0.5) is 0 Å². The van der Waals surface area contributed by atoms with E-state index in [1.807, 2.05) is 13.8 Å². The third-order valence-electron chi connectivity index (χ3n) is 2.36. The summed E-state index contributed by atoms with van der Waals surface area (Å²) in [5, 5.41) is 15.9. The Labute approximate surface area is 86.0 Å². The van der Waals surface area contributed by atoms with Crippen LogP contribution in [-0.4, -0.2) is 49.6 Å². The van der Waals surface area contributed by atoms with Gasteiger partial charge in [0.05, 0.1) is 12.2 Å². The fraction of sp³-hybridized carbons (Fsp3) is 1.00. The van der Waals surface area contributed by atoms with Crippen molar-refractivity contribution in [1.82, 2.24) is 10.6 Å². The molecule has 1 aliphatic rings. The average Bonchev–Trinajstić information content (AvgIpc) is 2.51. The molecule has 4 nitrogen and oxygen atoms in total. The molecular formula is C10H22N2O2. The summed E-state index contributed by atoms with van der Waals surface area (Å²) >= 11 is 0. The average molecular weight is 202 g/mol. The summed E-state index contributed by atoms with van der Waals surface area (Å²) in [6, 6.07) is 0.217. The van der Waals surface area contributed by atoms with Crippen molar-refractivity contribution in [2.45, 2.75) is 38.5 Å². The molecule has 1 aliphatic heterocycles. The van der Waals surface area contributed by atoms with Gasteiger partial charge in [-0.3, -0.25) is 0 Å². The lowest BCUT2D eigenvalue weighted by molar-refractivity contribution is 0.0756. The maximum atomic E-state index is 9.48. The lowest BCUT2D eigenvalue weighted by Gasteiger charge is -2.15. The van der Waals surface area contributed by atoms with Crippen LogP contribution < -0.4 is 10.6 Å². The molecule has 84 valence electrons. The molecule has 0 aromatic rings. The molecule has 0 radical (unpaired) electrons. The number of hydrogen-bond donors (Lipinski definition) is 3. The maximum absolute atomic E-state index is 9.48. The number of hydrogen-bond acceptors (Lipinski definition) is 4. The quantitative estimate of drug-likeness (QED) is 0.519. The number of ether oxygens (including phenoxy) is 1. The van der Waals surface area contributed by atoms with Crippen molar-refractivity contribution >= 4 is 0 Å². The highest BCUT2D eigenvalue weighted by atomic mass is 16.5. The van der Waals surface area contributed by atoms with E-state index in [9.17, 15) is 5.11 Å². The summed E-state index contributed by atoms with van der Waals surface area (Å²) < 4.78 is 5.42. The molecule has 0 aromatic carbocycles. The molecule has 0 amide bonds. The SMILES string of the molecule is CC(C)OCCCN[C@@H]1CNC[C@H]1O. The van der Waals surface area contributed by atoms with E-state index in [-0.39, 0.29) is 12.1 Å². The molecule has 0 unspecified atom stereocenters. The summed E-state index contributed by atoms with van der Waals surface area (Å²) in [6.07, 6.45) is 1.08. The first-order chi connectivity index (χ1) is 6.70. The Morgan fingerprint density at radius 3 is 2.86 bits per heavy atom. The van der Waals surface area contributed by atoms with Gasteiger partial charge in [0.15, 0.2) is 0 Å². The van der Waals surface area contributed by atoms with E-state index >= 15 is 0 Å². The minimum atomic E-state index is -0.235. The highest BCUT2D eigenvalue weighted by Crippen LogP contribution is 1.99. The molecule has 1 saturated heterocycles. The van der Waals surface area contributed by atoms with Crippen LogP contribution in [0.5, 0.6) is 0 Å². The minimum Gasteiger partial charge on any atom is -0.390 e. The third-order valence-corrected chi connectivity index (χ3v) is 2.36. The molecular weight excluding hydrogens is 180 g/mol. The predicted octanol–water partition coefficient (Wildman–Crippen LogP) is -0.276. The van der Waals surface area contributed by atoms with Crippen LogP contribution in [-0.2, 0) is 4.74 Å². The largest absolute Gasteiger partial charge is 0.390 e. The topological polar surface area (TPSA) is 53.5 Å². The fourth-order valence-electron chi connectivity index (χ4n) is 1.55. The second-order valence-electron chi connectivity index (χ2n) is 4.06. The van der Waals surface area contributed by atoms with Gasteiger partial charge in [-0.15, -0.1) is 0 Å². The van der Waals surface area contributed by atoms with E-state index in [2.05, 4.69) is 10.6 Å². The lowest BCUT2D eigenvalue weighted by Crippen LogP contribution is -2.39. The summed E-state index contributed by atoms with van der Waals surface area (Å²) in [7, 11) is 0. The number of β-amino-alcohol motifs (C(OH)–C–C–N with tert-alkyl or cyclic N) is 1. The normalized spacial score (nSPS) is 27.4. The van der Waals surface area contributed by atoms with Crippen LogP contribution in [0, 0.1) is 0 Å². The van der Waals surface area contributed by atoms with Crippen LogP contribution in [0.3, 0.4) is 0 Å². The van der Waals surface area contributed by atoms with Crippen molar-refractivity contribution in [3.63, 3.8) is 0 Å². The second kappa shape index (κ2) is 6.35. The van der Waals surface area contributed by atoms with Crippen LogP contribution in [0.1, 0.15) is 20.3 Å². The van der Waals surface area contributed by atoms with Crippen molar-refractivity contribution < 1.29 is 9.84 Å². The first-order valence-corrected chi connectivity index (χ1v) is 5.44. The number of aliphatic hydroxyl groups is 1. The van der Waals surface area contributed by atoms with Gasteiger partial charge in [-0.05, 0) is 26.8 Å². The van der Waals surface area contributed by atoms with E-state index in [0.29, 0.717) is 12.6 Å². The summed E-state index contributed by atoms with van der Waals surface area (Å²) in [6.45, 7) is 7.36. The van der Waals surface area contributed by atoms with Gasteiger partial charge in [0.2, 0.25) is 0 Å². The Hall–Kier alpha value is -0.160. The fourth-order valence-corrected chi connectivity index (χ4v) is 1.55. The van der Waals surface area contributed by atoms with Gasteiger partial charge >= 0.3 is 0 Å². The Morgan fingerprint density at radius 1 is 1.50 bits per heavy atom. The van der Waals surface area contributed by atoms with E-state index < -0.39 is 0 Å². The lowest BCUT2D eigenvalue weighted by atomic mass is 10.2. The van der Waals surface area contributed by atoms with E-state index in [0.717, 1.165) is 26.1 Å². The number of aliphatic hydroxyl groups excluding tert-OH is 1. The van der Waals surface area contributed by atoms with Gasteiger partial charge < -0.3 is 20.5 Å². The van der Waals surface area contributed by atoms with Gasteiger partial charge in [0.25, 0.3) is 0 Å². The van der Waals surface area contributed by atoms with Gasteiger partial charge in [-0.25, -0.2) is 0 Å². The van der Waals surface area contributed by atoms with Crippen molar-refractivity contribution in [2.75, 3.05) is 26.2 Å². The van der Waals surface area contributed by atoms with Gasteiger partial charge in [-0.1, -0.05) is 0 Å². The first-order valence-electron chi connectivity index (χ1n) is 5.44. The standard InChI is InChI=1S/C10H22N2O2/c1-8(2)14-5-3-4-12-9-6-11-7-10(9)13/h8-13H,3-7H2,1-2H3/t9-,10-/m1/s1. The van der Waals surface area contributed by atoms with Crippen molar-refractivity contribution in [3.8, 4) is 0 Å². The highest BCUT2D eigenvalue weighted by Gasteiger charge is 2.23. The Balaban J connectivity index is 1.93.